The summed E-state index contributed by atoms with van der Waals surface area (Å²) >= 11 is 0. The molecular weight excluding hydrogens is 414 g/mol. The third kappa shape index (κ3) is 6.33. The van der Waals surface area contributed by atoms with Gasteiger partial charge in [0.25, 0.3) is 0 Å². The van der Waals surface area contributed by atoms with Gasteiger partial charge in [0.05, 0.1) is 12.2 Å². The molecule has 1 aliphatic carbocycles. The molecule has 176 valence electrons. The highest BCUT2D eigenvalue weighted by molar-refractivity contribution is 5.80. The molecule has 2 aliphatic rings. The maximum absolute atomic E-state index is 12.2. The summed E-state index contributed by atoms with van der Waals surface area (Å²) in [5.41, 5.74) is 4.36. The van der Waals surface area contributed by atoms with E-state index < -0.39 is 0 Å². The van der Waals surface area contributed by atoms with E-state index >= 15 is 0 Å². The molecule has 33 heavy (non-hydrogen) atoms. The third-order valence-electron chi connectivity index (χ3n) is 6.34. The van der Waals surface area contributed by atoms with Gasteiger partial charge in [-0.1, -0.05) is 30.3 Å². The molecule has 1 amide bonds. The summed E-state index contributed by atoms with van der Waals surface area (Å²) < 4.78 is 6.06. The summed E-state index contributed by atoms with van der Waals surface area (Å²) in [6.07, 6.45) is 6.04. The van der Waals surface area contributed by atoms with Crippen LogP contribution in [0.5, 0.6) is 0 Å². The maximum atomic E-state index is 12.2. The van der Waals surface area contributed by atoms with Gasteiger partial charge in [0.1, 0.15) is 0 Å². The zero-order valence-corrected chi connectivity index (χ0v) is 19.8. The van der Waals surface area contributed by atoms with E-state index in [0.29, 0.717) is 6.54 Å². The molecule has 2 atom stereocenters. The van der Waals surface area contributed by atoms with Crippen LogP contribution in [0.1, 0.15) is 31.4 Å². The molecule has 1 saturated carbocycles. The normalized spacial score (nSPS) is 20.1. The van der Waals surface area contributed by atoms with Crippen LogP contribution in [0.4, 0.5) is 5.69 Å². The molecule has 2 aromatic rings. The quantitative estimate of drug-likeness (QED) is 0.676. The van der Waals surface area contributed by atoms with Crippen LogP contribution in [0.3, 0.4) is 0 Å². The lowest BCUT2D eigenvalue weighted by molar-refractivity contribution is -0.131. The molecule has 1 aromatic carbocycles. The van der Waals surface area contributed by atoms with Crippen molar-refractivity contribution in [1.29, 1.82) is 0 Å². The molecule has 1 saturated heterocycles. The Kier molecular flexibility index (Phi) is 7.62. The van der Waals surface area contributed by atoms with Gasteiger partial charge in [-0.3, -0.25) is 9.89 Å². The second-order valence-electron chi connectivity index (χ2n) is 9.10. The second-order valence-corrected chi connectivity index (χ2v) is 9.10. The third-order valence-corrected chi connectivity index (χ3v) is 6.34. The molecule has 2 fully saturated rings. The van der Waals surface area contributed by atoms with Crippen LogP contribution in [0.2, 0.25) is 0 Å². The minimum atomic E-state index is 0.0868. The smallest absolute Gasteiger partial charge is 0.225 e. The number of aromatic nitrogens is 2. The number of aromatic amines is 1. The lowest BCUT2D eigenvalue weighted by Crippen LogP contribution is -2.38. The Hall–Kier alpha value is -2.90. The molecule has 1 aliphatic heterocycles. The van der Waals surface area contributed by atoms with E-state index in [4.69, 9.17) is 4.74 Å². The number of anilines is 1. The zero-order valence-electron chi connectivity index (χ0n) is 19.8. The van der Waals surface area contributed by atoms with Gasteiger partial charge in [-0.05, 0) is 48.6 Å². The molecule has 0 spiro atoms. The van der Waals surface area contributed by atoms with Crippen LogP contribution < -0.4 is 10.2 Å². The Bertz CT molecular complexity index is 984. The lowest BCUT2D eigenvalue weighted by Gasteiger charge is -2.29. The van der Waals surface area contributed by atoms with Crippen molar-refractivity contribution in [1.82, 2.24) is 20.4 Å². The van der Waals surface area contributed by atoms with E-state index in [1.807, 2.05) is 31.3 Å². The molecule has 0 radical (unpaired) electrons. The van der Waals surface area contributed by atoms with Gasteiger partial charge in [0.15, 0.2) is 0 Å². The summed E-state index contributed by atoms with van der Waals surface area (Å²) in [6.45, 7) is 5.29. The molecule has 1 aromatic heterocycles. The number of rotatable bonds is 7. The molecule has 2 heterocycles. The SMILES string of the molecule is C[C@H]1CNC[C@@H](c2ccc(-c3ccc(N(C)CCN(C)C(=O)C4CC4)ccn[nH]c3)cc2)O1. The second kappa shape index (κ2) is 10.8. The van der Waals surface area contributed by atoms with Gasteiger partial charge in [0.2, 0.25) is 5.91 Å². The molecule has 4 rings (SSSR count). The van der Waals surface area contributed by atoms with E-state index in [2.05, 4.69) is 63.7 Å². The van der Waals surface area contributed by atoms with Crippen LogP contribution in [0.15, 0.2) is 54.9 Å². The Morgan fingerprint density at radius 3 is 2.52 bits per heavy atom. The average molecular weight is 450 g/mol. The number of ether oxygens (including phenoxy) is 1. The number of morpholine rings is 1. The fourth-order valence-corrected chi connectivity index (χ4v) is 4.04. The fraction of sp³-hybridized carbons (Fsp3) is 0.462. The number of hydrogen-bond donors (Lipinski definition) is 2. The first-order valence-electron chi connectivity index (χ1n) is 11.8. The first-order chi connectivity index (χ1) is 16.0. The fourth-order valence-electron chi connectivity index (χ4n) is 4.04. The minimum Gasteiger partial charge on any atom is -0.373 e. The molecule has 0 bridgehead atoms. The van der Waals surface area contributed by atoms with Crippen molar-refractivity contribution in [3.63, 3.8) is 0 Å². The van der Waals surface area contributed by atoms with E-state index in [-0.39, 0.29) is 24.0 Å². The minimum absolute atomic E-state index is 0.0868. The predicted molar refractivity (Wildman–Crippen MR) is 131 cm³/mol. The predicted octanol–water partition coefficient (Wildman–Crippen LogP) is 3.56. The highest BCUT2D eigenvalue weighted by Crippen LogP contribution is 2.30. The van der Waals surface area contributed by atoms with Gasteiger partial charge in [0, 0.05) is 64.3 Å². The molecular formula is C26H35N5O2. The largest absolute Gasteiger partial charge is 0.373 e. The number of hydrogen-bond acceptors (Lipinski definition) is 5. The van der Waals surface area contributed by atoms with Crippen LogP contribution in [-0.2, 0) is 9.53 Å². The number of carbonyl (C=O) groups excluding carboxylic acids is 1. The molecule has 7 nitrogen and oxygen atoms in total. The van der Waals surface area contributed by atoms with Gasteiger partial charge < -0.3 is 19.9 Å². The Labute approximate surface area is 196 Å². The van der Waals surface area contributed by atoms with E-state index in [0.717, 1.165) is 49.3 Å². The van der Waals surface area contributed by atoms with Crippen molar-refractivity contribution in [3.8, 4) is 11.1 Å². The summed E-state index contributed by atoms with van der Waals surface area (Å²) in [7, 11) is 3.94. The molecule has 7 heteroatoms. The van der Waals surface area contributed by atoms with E-state index in [9.17, 15) is 4.79 Å². The number of benzene rings is 1. The molecule has 2 N–H and O–H groups in total. The number of H-pyrrole nitrogens is 1. The lowest BCUT2D eigenvalue weighted by atomic mass is 10.0. The summed E-state index contributed by atoms with van der Waals surface area (Å²) in [6, 6.07) is 14.7. The highest BCUT2D eigenvalue weighted by Gasteiger charge is 2.31. The zero-order chi connectivity index (χ0) is 23.2. The number of amides is 1. The number of nitrogens with zero attached hydrogens (tertiary/aromatic N) is 3. The Morgan fingerprint density at radius 1 is 1.03 bits per heavy atom. The van der Waals surface area contributed by atoms with Gasteiger partial charge >= 0.3 is 0 Å². The van der Waals surface area contributed by atoms with Crippen LogP contribution in [0, 0.1) is 5.92 Å². The van der Waals surface area contributed by atoms with Gasteiger partial charge in [-0.25, -0.2) is 0 Å². The Morgan fingerprint density at radius 2 is 1.79 bits per heavy atom. The van der Waals surface area contributed by atoms with Crippen molar-refractivity contribution in [2.24, 2.45) is 5.92 Å². The number of carbonyl (C=O) groups is 1. The van der Waals surface area contributed by atoms with Crippen molar-refractivity contribution in [2.45, 2.75) is 32.0 Å². The topological polar surface area (TPSA) is 73.5 Å². The van der Waals surface area contributed by atoms with Crippen molar-refractivity contribution in [2.75, 3.05) is 45.2 Å². The van der Waals surface area contributed by atoms with Crippen molar-refractivity contribution in [3.05, 3.63) is 60.4 Å². The van der Waals surface area contributed by atoms with Gasteiger partial charge in [-0.15, -0.1) is 0 Å². The first kappa shape index (κ1) is 23.3. The van der Waals surface area contributed by atoms with Crippen LogP contribution >= 0.6 is 0 Å². The summed E-state index contributed by atoms with van der Waals surface area (Å²) in [5, 5.41) is 10.7. The summed E-state index contributed by atoms with van der Waals surface area (Å²) in [4.78, 5) is 16.2. The van der Waals surface area contributed by atoms with E-state index in [1.54, 1.807) is 6.20 Å². The van der Waals surface area contributed by atoms with Crippen molar-refractivity contribution < 1.29 is 9.53 Å². The van der Waals surface area contributed by atoms with Crippen LogP contribution in [0.25, 0.3) is 11.1 Å². The number of nitrogens with one attached hydrogen (secondary N) is 2. The molecule has 0 unspecified atom stereocenters. The average Bonchev–Trinajstić information content (AvgIpc) is 3.66. The standard InChI is InChI=1S/C26H35N5O2/c1-19-16-27-18-25(33-19)21-6-4-20(5-7-21)23-10-11-24(12-13-28-29-17-23)30(2)14-15-31(3)26(32)22-8-9-22/h4-7,10-13,17,19,22,25,27,29H,8-9,14-16,18H2,1-3H3/t19-,25-/m0/s1. The first-order valence-corrected chi connectivity index (χ1v) is 11.8. The highest BCUT2D eigenvalue weighted by atomic mass is 16.5. The van der Waals surface area contributed by atoms with E-state index in [1.165, 1.54) is 5.56 Å². The number of likely N-dealkylation sites (N-methyl/N-ethyl adjacent to an activating group) is 2. The van der Waals surface area contributed by atoms with Gasteiger partial charge in [-0.2, -0.15) is 5.10 Å². The Balaban J connectivity index is 1.46. The summed E-state index contributed by atoms with van der Waals surface area (Å²) in [5.74, 6) is 0.525. The van der Waals surface area contributed by atoms with Crippen LogP contribution in [-0.4, -0.2) is 67.4 Å². The van der Waals surface area contributed by atoms with Crippen molar-refractivity contribution >= 4 is 11.6 Å². The maximum Gasteiger partial charge on any atom is 0.225 e. The monoisotopic (exact) mass is 449 g/mol.